The van der Waals surface area contributed by atoms with E-state index in [4.69, 9.17) is 16.3 Å². The topological polar surface area (TPSA) is 29.5 Å². The molecule has 2 nitrogen and oxygen atoms in total. The monoisotopic (exact) mass is 278 g/mol. The maximum absolute atomic E-state index is 9.81. The van der Waals surface area contributed by atoms with Gasteiger partial charge in [-0.2, -0.15) is 0 Å². The van der Waals surface area contributed by atoms with E-state index in [9.17, 15) is 5.11 Å². The molecule has 78 valence electrons. The number of rotatable bonds is 2. The van der Waals surface area contributed by atoms with Gasteiger partial charge in [0.2, 0.25) is 0 Å². The summed E-state index contributed by atoms with van der Waals surface area (Å²) in [5.74, 6) is 0.656. The highest BCUT2D eigenvalue weighted by Crippen LogP contribution is 2.36. The molecule has 0 saturated carbocycles. The number of ether oxygens (including phenoxy) is 1. The van der Waals surface area contributed by atoms with Gasteiger partial charge in [0.25, 0.3) is 0 Å². The number of halogens is 2. The first-order valence-electron chi connectivity index (χ1n) is 4.12. The molecular weight excluding hydrogens is 267 g/mol. The maximum atomic E-state index is 9.81. The van der Waals surface area contributed by atoms with Crippen LogP contribution in [0, 0.1) is 0 Å². The van der Waals surface area contributed by atoms with E-state index in [0.29, 0.717) is 16.3 Å². The minimum atomic E-state index is -0.953. The van der Waals surface area contributed by atoms with Crippen LogP contribution in [0.5, 0.6) is 5.75 Å². The average molecular weight is 280 g/mol. The second-order valence-corrected chi connectivity index (χ2v) is 4.79. The molecule has 0 radical (unpaired) electrons. The maximum Gasteiger partial charge on any atom is 0.134 e. The zero-order valence-electron chi connectivity index (χ0n) is 8.27. The van der Waals surface area contributed by atoms with Crippen molar-refractivity contribution in [3.05, 3.63) is 27.2 Å². The summed E-state index contributed by atoms with van der Waals surface area (Å²) in [6, 6.07) is 3.44. The molecule has 0 heterocycles. The summed E-state index contributed by atoms with van der Waals surface area (Å²) in [4.78, 5) is 0. The fourth-order valence-electron chi connectivity index (χ4n) is 1.15. The fourth-order valence-corrected chi connectivity index (χ4v) is 2.04. The van der Waals surface area contributed by atoms with Crippen LogP contribution in [0.3, 0.4) is 0 Å². The Kier molecular flexibility index (Phi) is 3.45. The molecule has 14 heavy (non-hydrogen) atoms. The molecule has 0 aliphatic heterocycles. The Morgan fingerprint density at radius 1 is 1.43 bits per heavy atom. The van der Waals surface area contributed by atoms with Crippen molar-refractivity contribution >= 4 is 27.5 Å². The zero-order valence-corrected chi connectivity index (χ0v) is 10.6. The van der Waals surface area contributed by atoms with Crippen molar-refractivity contribution in [2.75, 3.05) is 7.11 Å². The summed E-state index contributed by atoms with van der Waals surface area (Å²) in [6.07, 6.45) is 0. The summed E-state index contributed by atoms with van der Waals surface area (Å²) >= 11 is 9.34. The van der Waals surface area contributed by atoms with Gasteiger partial charge in [0.1, 0.15) is 5.75 Å². The molecule has 0 aromatic heterocycles. The van der Waals surface area contributed by atoms with Gasteiger partial charge in [0.05, 0.1) is 22.2 Å². The first kappa shape index (κ1) is 11.8. The Hall–Kier alpha value is -0.250. The normalized spacial score (nSPS) is 11.6. The van der Waals surface area contributed by atoms with Crippen LogP contribution in [0.1, 0.15) is 19.4 Å². The molecule has 0 spiro atoms. The van der Waals surface area contributed by atoms with E-state index in [1.54, 1.807) is 33.1 Å². The lowest BCUT2D eigenvalue weighted by molar-refractivity contribution is 0.0786. The molecule has 0 atom stereocenters. The number of hydrogen-bond donors (Lipinski definition) is 1. The van der Waals surface area contributed by atoms with E-state index >= 15 is 0 Å². The molecule has 0 unspecified atom stereocenters. The SMILES string of the molecule is COc1cc(Cl)c(C(C)(C)O)cc1Br. The molecule has 0 aliphatic carbocycles. The molecule has 4 heteroatoms. The van der Waals surface area contributed by atoms with Gasteiger partial charge in [-0.15, -0.1) is 0 Å². The lowest BCUT2D eigenvalue weighted by Gasteiger charge is -2.20. The summed E-state index contributed by atoms with van der Waals surface area (Å²) in [5.41, 5.74) is -0.280. The lowest BCUT2D eigenvalue weighted by Crippen LogP contribution is -2.16. The van der Waals surface area contributed by atoms with Crippen LogP contribution in [0.15, 0.2) is 16.6 Å². The van der Waals surface area contributed by atoms with E-state index in [2.05, 4.69) is 15.9 Å². The number of hydrogen-bond acceptors (Lipinski definition) is 2. The van der Waals surface area contributed by atoms with Gasteiger partial charge in [-0.25, -0.2) is 0 Å². The van der Waals surface area contributed by atoms with Crippen molar-refractivity contribution in [3.63, 3.8) is 0 Å². The van der Waals surface area contributed by atoms with Gasteiger partial charge in [-0.05, 0) is 35.8 Å². The zero-order chi connectivity index (χ0) is 10.9. The molecule has 1 aromatic carbocycles. The van der Waals surface area contributed by atoms with Gasteiger partial charge in [-0.1, -0.05) is 11.6 Å². The molecule has 0 fully saturated rings. The predicted molar refractivity (Wildman–Crippen MR) is 60.9 cm³/mol. The Morgan fingerprint density at radius 3 is 2.43 bits per heavy atom. The van der Waals surface area contributed by atoms with Gasteiger partial charge < -0.3 is 9.84 Å². The summed E-state index contributed by atoms with van der Waals surface area (Å²) < 4.78 is 5.86. The Labute approximate surface area is 97.0 Å². The number of benzene rings is 1. The summed E-state index contributed by atoms with van der Waals surface area (Å²) in [5, 5.41) is 10.3. The van der Waals surface area contributed by atoms with E-state index in [-0.39, 0.29) is 0 Å². The Morgan fingerprint density at radius 2 is 2.00 bits per heavy atom. The molecular formula is C10H12BrClO2. The van der Waals surface area contributed by atoms with Crippen molar-refractivity contribution in [1.29, 1.82) is 0 Å². The third kappa shape index (κ3) is 2.41. The van der Waals surface area contributed by atoms with Crippen molar-refractivity contribution < 1.29 is 9.84 Å². The van der Waals surface area contributed by atoms with Crippen molar-refractivity contribution in [3.8, 4) is 5.75 Å². The van der Waals surface area contributed by atoms with Crippen LogP contribution in [-0.2, 0) is 5.60 Å². The smallest absolute Gasteiger partial charge is 0.134 e. The third-order valence-electron chi connectivity index (χ3n) is 1.90. The van der Waals surface area contributed by atoms with E-state index in [0.717, 1.165) is 4.47 Å². The van der Waals surface area contributed by atoms with Crippen LogP contribution in [0.4, 0.5) is 0 Å². The van der Waals surface area contributed by atoms with Crippen LogP contribution < -0.4 is 4.74 Å². The van der Waals surface area contributed by atoms with Gasteiger partial charge in [0.15, 0.2) is 0 Å². The summed E-state index contributed by atoms with van der Waals surface area (Å²) in [7, 11) is 1.57. The van der Waals surface area contributed by atoms with E-state index < -0.39 is 5.60 Å². The Balaban J connectivity index is 3.29. The van der Waals surface area contributed by atoms with Crippen LogP contribution in [-0.4, -0.2) is 12.2 Å². The second-order valence-electron chi connectivity index (χ2n) is 3.53. The highest BCUT2D eigenvalue weighted by atomic mass is 79.9. The van der Waals surface area contributed by atoms with Crippen LogP contribution in [0.25, 0.3) is 0 Å². The largest absolute Gasteiger partial charge is 0.496 e. The van der Waals surface area contributed by atoms with Gasteiger partial charge in [0, 0.05) is 11.6 Å². The molecule has 0 amide bonds. The van der Waals surface area contributed by atoms with Gasteiger partial charge >= 0.3 is 0 Å². The second kappa shape index (κ2) is 4.09. The standard InChI is InChI=1S/C10H12BrClO2/c1-10(2,13)6-4-7(11)9(14-3)5-8(6)12/h4-5,13H,1-3H3. The molecule has 1 aromatic rings. The van der Waals surface area contributed by atoms with Crippen LogP contribution in [0.2, 0.25) is 5.02 Å². The molecule has 0 bridgehead atoms. The Bertz CT molecular complexity index is 345. The molecule has 0 aliphatic rings. The van der Waals surface area contributed by atoms with E-state index in [1.165, 1.54) is 0 Å². The van der Waals surface area contributed by atoms with Crippen molar-refractivity contribution in [1.82, 2.24) is 0 Å². The number of methoxy groups -OCH3 is 1. The highest BCUT2D eigenvalue weighted by Gasteiger charge is 2.21. The molecule has 0 saturated heterocycles. The minimum absolute atomic E-state index is 0.498. The fraction of sp³-hybridized carbons (Fsp3) is 0.400. The quantitative estimate of drug-likeness (QED) is 0.900. The predicted octanol–water partition coefficient (Wildman–Crippen LogP) is 3.34. The molecule has 1 N–H and O–H groups in total. The first-order valence-corrected chi connectivity index (χ1v) is 5.29. The van der Waals surface area contributed by atoms with Crippen molar-refractivity contribution in [2.24, 2.45) is 0 Å². The molecule has 1 rings (SSSR count). The lowest BCUT2D eigenvalue weighted by atomic mass is 9.98. The van der Waals surface area contributed by atoms with Gasteiger partial charge in [-0.3, -0.25) is 0 Å². The summed E-state index contributed by atoms with van der Waals surface area (Å²) in [6.45, 7) is 3.38. The van der Waals surface area contributed by atoms with E-state index in [1.807, 2.05) is 0 Å². The average Bonchev–Trinajstić information content (AvgIpc) is 2.06. The minimum Gasteiger partial charge on any atom is -0.496 e. The first-order chi connectivity index (χ1) is 6.36. The van der Waals surface area contributed by atoms with Crippen LogP contribution >= 0.6 is 27.5 Å². The third-order valence-corrected chi connectivity index (χ3v) is 2.83. The number of aliphatic hydroxyl groups is 1. The van der Waals surface area contributed by atoms with Crippen molar-refractivity contribution in [2.45, 2.75) is 19.4 Å². The highest BCUT2D eigenvalue weighted by molar-refractivity contribution is 9.10.